The standard InChI is InChI=1S/C16H29N3O/c1-18-14-6-7-15(18)12-19(11-9-14)16(20)8-5-13-4-2-3-10-17-13/h13-15,17H,2-12H2,1H3. The maximum atomic E-state index is 12.5. The van der Waals surface area contributed by atoms with Gasteiger partial charge in [-0.3, -0.25) is 9.69 Å². The number of carbonyl (C=O) groups excluding carboxylic acids is 1. The van der Waals surface area contributed by atoms with Crippen molar-refractivity contribution < 1.29 is 4.79 Å². The number of fused-ring (bicyclic) bond motifs is 2. The predicted molar refractivity (Wildman–Crippen MR) is 80.6 cm³/mol. The highest BCUT2D eigenvalue weighted by molar-refractivity contribution is 5.76. The van der Waals surface area contributed by atoms with Crippen molar-refractivity contribution in [2.45, 2.75) is 69.5 Å². The van der Waals surface area contributed by atoms with Gasteiger partial charge < -0.3 is 10.2 Å². The number of hydrogen-bond donors (Lipinski definition) is 1. The zero-order valence-electron chi connectivity index (χ0n) is 12.8. The number of amides is 1. The molecule has 0 aliphatic carbocycles. The molecule has 3 saturated heterocycles. The average molecular weight is 279 g/mol. The lowest BCUT2D eigenvalue weighted by Gasteiger charge is -2.27. The highest BCUT2D eigenvalue weighted by Gasteiger charge is 2.35. The summed E-state index contributed by atoms with van der Waals surface area (Å²) in [5.41, 5.74) is 0. The third kappa shape index (κ3) is 3.17. The molecule has 3 aliphatic heterocycles. The van der Waals surface area contributed by atoms with Crippen LogP contribution in [0.5, 0.6) is 0 Å². The van der Waals surface area contributed by atoms with Crippen LogP contribution in [-0.4, -0.2) is 60.5 Å². The van der Waals surface area contributed by atoms with E-state index in [1.54, 1.807) is 0 Å². The van der Waals surface area contributed by atoms with Crippen LogP contribution < -0.4 is 5.32 Å². The minimum atomic E-state index is 0.387. The van der Waals surface area contributed by atoms with Crippen LogP contribution in [0.1, 0.15) is 51.4 Å². The van der Waals surface area contributed by atoms with Crippen molar-refractivity contribution in [3.63, 3.8) is 0 Å². The molecule has 0 aromatic rings. The molecule has 0 aromatic heterocycles. The van der Waals surface area contributed by atoms with E-state index in [-0.39, 0.29) is 0 Å². The van der Waals surface area contributed by atoms with Gasteiger partial charge in [-0.15, -0.1) is 0 Å². The number of likely N-dealkylation sites (tertiary alicyclic amines) is 1. The monoisotopic (exact) mass is 279 g/mol. The topological polar surface area (TPSA) is 35.6 Å². The second-order valence-electron chi connectivity index (χ2n) is 6.86. The summed E-state index contributed by atoms with van der Waals surface area (Å²) in [6.45, 7) is 3.07. The Hall–Kier alpha value is -0.610. The fraction of sp³-hybridized carbons (Fsp3) is 0.938. The van der Waals surface area contributed by atoms with Crippen LogP contribution in [0.15, 0.2) is 0 Å². The van der Waals surface area contributed by atoms with Gasteiger partial charge >= 0.3 is 0 Å². The predicted octanol–water partition coefficient (Wildman–Crippen LogP) is 1.60. The van der Waals surface area contributed by atoms with Crippen LogP contribution in [0.25, 0.3) is 0 Å². The molecule has 0 saturated carbocycles. The fourth-order valence-electron chi connectivity index (χ4n) is 4.16. The van der Waals surface area contributed by atoms with Gasteiger partial charge in [0.1, 0.15) is 0 Å². The Balaban J connectivity index is 1.47. The molecule has 4 heteroatoms. The molecule has 2 bridgehead atoms. The molecule has 3 rings (SSSR count). The van der Waals surface area contributed by atoms with Crippen LogP contribution in [0, 0.1) is 0 Å². The molecule has 114 valence electrons. The minimum absolute atomic E-state index is 0.387. The van der Waals surface area contributed by atoms with E-state index in [1.165, 1.54) is 38.5 Å². The maximum absolute atomic E-state index is 12.5. The first kappa shape index (κ1) is 14.3. The van der Waals surface area contributed by atoms with Crippen molar-refractivity contribution in [2.75, 3.05) is 26.7 Å². The maximum Gasteiger partial charge on any atom is 0.222 e. The fourth-order valence-corrected chi connectivity index (χ4v) is 4.16. The lowest BCUT2D eigenvalue weighted by Crippen LogP contribution is -2.40. The Morgan fingerprint density at radius 1 is 1.15 bits per heavy atom. The van der Waals surface area contributed by atoms with Gasteiger partial charge in [0.05, 0.1) is 0 Å². The molecule has 20 heavy (non-hydrogen) atoms. The number of piperidine rings is 1. The molecule has 3 unspecified atom stereocenters. The van der Waals surface area contributed by atoms with E-state index in [0.717, 1.165) is 38.5 Å². The van der Waals surface area contributed by atoms with Crippen molar-refractivity contribution in [1.82, 2.24) is 15.1 Å². The largest absolute Gasteiger partial charge is 0.341 e. The van der Waals surface area contributed by atoms with Crippen LogP contribution in [0.2, 0.25) is 0 Å². The summed E-state index contributed by atoms with van der Waals surface area (Å²) in [5, 5.41) is 3.54. The molecule has 4 nitrogen and oxygen atoms in total. The number of hydrogen-bond acceptors (Lipinski definition) is 3. The van der Waals surface area contributed by atoms with Crippen LogP contribution in [0.3, 0.4) is 0 Å². The summed E-state index contributed by atoms with van der Waals surface area (Å²) >= 11 is 0. The third-order valence-electron chi connectivity index (χ3n) is 5.62. The van der Waals surface area contributed by atoms with Crippen molar-refractivity contribution in [3.05, 3.63) is 0 Å². The lowest BCUT2D eigenvalue weighted by atomic mass is 10.00. The van der Waals surface area contributed by atoms with E-state index >= 15 is 0 Å². The van der Waals surface area contributed by atoms with E-state index in [0.29, 0.717) is 18.0 Å². The van der Waals surface area contributed by atoms with Crippen molar-refractivity contribution >= 4 is 5.91 Å². The second-order valence-corrected chi connectivity index (χ2v) is 6.86. The third-order valence-corrected chi connectivity index (χ3v) is 5.62. The first-order valence-electron chi connectivity index (χ1n) is 8.47. The van der Waals surface area contributed by atoms with Crippen LogP contribution in [0.4, 0.5) is 0 Å². The summed E-state index contributed by atoms with van der Waals surface area (Å²) in [6.07, 6.45) is 9.40. The lowest BCUT2D eigenvalue weighted by molar-refractivity contribution is -0.131. The molecule has 1 N–H and O–H groups in total. The summed E-state index contributed by atoms with van der Waals surface area (Å²) in [4.78, 5) is 17.1. The minimum Gasteiger partial charge on any atom is -0.341 e. The number of nitrogens with zero attached hydrogens (tertiary/aromatic N) is 2. The van der Waals surface area contributed by atoms with E-state index in [4.69, 9.17) is 0 Å². The first-order valence-corrected chi connectivity index (χ1v) is 8.47. The molecule has 3 atom stereocenters. The molecular weight excluding hydrogens is 250 g/mol. The summed E-state index contributed by atoms with van der Waals surface area (Å²) in [6, 6.07) is 1.91. The molecule has 1 amide bonds. The van der Waals surface area contributed by atoms with Gasteiger partial charge in [-0.05, 0) is 52.1 Å². The molecule has 0 spiro atoms. The summed E-state index contributed by atoms with van der Waals surface area (Å²) in [5.74, 6) is 0.387. The zero-order valence-corrected chi connectivity index (χ0v) is 12.8. The number of carbonyl (C=O) groups is 1. The van der Waals surface area contributed by atoms with E-state index in [1.807, 2.05) is 0 Å². The number of nitrogens with one attached hydrogen (secondary N) is 1. The van der Waals surface area contributed by atoms with Crippen molar-refractivity contribution in [2.24, 2.45) is 0 Å². The number of rotatable bonds is 3. The van der Waals surface area contributed by atoms with Gasteiger partial charge in [0.15, 0.2) is 0 Å². The van der Waals surface area contributed by atoms with E-state index in [9.17, 15) is 4.79 Å². The van der Waals surface area contributed by atoms with E-state index < -0.39 is 0 Å². The highest BCUT2D eigenvalue weighted by Crippen LogP contribution is 2.28. The molecule has 3 fully saturated rings. The Labute approximate surface area is 122 Å². The summed E-state index contributed by atoms with van der Waals surface area (Å²) in [7, 11) is 2.24. The molecular formula is C16H29N3O. The van der Waals surface area contributed by atoms with Gasteiger partial charge in [0, 0.05) is 37.6 Å². The van der Waals surface area contributed by atoms with Gasteiger partial charge in [0.2, 0.25) is 5.91 Å². The highest BCUT2D eigenvalue weighted by atomic mass is 16.2. The normalized spacial score (nSPS) is 35.0. The van der Waals surface area contributed by atoms with Crippen LogP contribution in [-0.2, 0) is 4.79 Å². The SMILES string of the molecule is CN1C2CCC1CN(C(=O)CCC1CCCCN1)CC2. The molecule has 0 aromatic carbocycles. The van der Waals surface area contributed by atoms with Crippen molar-refractivity contribution in [3.8, 4) is 0 Å². The van der Waals surface area contributed by atoms with Gasteiger partial charge in [-0.2, -0.15) is 0 Å². The quantitative estimate of drug-likeness (QED) is 0.852. The Bertz CT molecular complexity index is 341. The van der Waals surface area contributed by atoms with E-state index in [2.05, 4.69) is 22.2 Å². The number of likely N-dealkylation sites (N-methyl/N-ethyl adjacent to an activating group) is 1. The van der Waals surface area contributed by atoms with Crippen LogP contribution >= 0.6 is 0 Å². The molecule has 0 radical (unpaired) electrons. The first-order chi connectivity index (χ1) is 9.74. The Kier molecular flexibility index (Phi) is 4.61. The Morgan fingerprint density at radius 3 is 2.80 bits per heavy atom. The van der Waals surface area contributed by atoms with Gasteiger partial charge in [0.25, 0.3) is 0 Å². The molecule has 3 aliphatic rings. The van der Waals surface area contributed by atoms with Crippen molar-refractivity contribution in [1.29, 1.82) is 0 Å². The second kappa shape index (κ2) is 6.44. The smallest absolute Gasteiger partial charge is 0.222 e. The Morgan fingerprint density at radius 2 is 2.00 bits per heavy atom. The summed E-state index contributed by atoms with van der Waals surface area (Å²) < 4.78 is 0. The average Bonchev–Trinajstić information content (AvgIpc) is 2.71. The van der Waals surface area contributed by atoms with Gasteiger partial charge in [-0.1, -0.05) is 6.42 Å². The molecule has 3 heterocycles. The zero-order chi connectivity index (χ0) is 13.9. The van der Waals surface area contributed by atoms with Gasteiger partial charge in [-0.25, -0.2) is 0 Å².